The summed E-state index contributed by atoms with van der Waals surface area (Å²) in [6, 6.07) is 8.09. The number of hydrogen-bond donors (Lipinski definition) is 0. The van der Waals surface area contributed by atoms with Crippen molar-refractivity contribution in [3.63, 3.8) is 0 Å². The van der Waals surface area contributed by atoms with E-state index < -0.39 is 7.82 Å². The zero-order chi connectivity index (χ0) is 16.2. The van der Waals surface area contributed by atoms with Crippen LogP contribution in [0.5, 0.6) is 0 Å². The van der Waals surface area contributed by atoms with Gasteiger partial charge in [-0.1, -0.05) is 18.2 Å². The van der Waals surface area contributed by atoms with Crippen LogP contribution in [-0.4, -0.2) is 44.3 Å². The van der Waals surface area contributed by atoms with Crippen LogP contribution < -0.4 is 0 Å². The van der Waals surface area contributed by atoms with E-state index in [2.05, 4.69) is 25.1 Å². The second-order valence-electron chi connectivity index (χ2n) is 5.27. The fraction of sp³-hybridized carbons (Fsp3) is 0.467. The predicted octanol–water partition coefficient (Wildman–Crippen LogP) is 3.12. The number of aromatic nitrogens is 1. The zero-order valence-corrected chi connectivity index (χ0v) is 14.4. The van der Waals surface area contributed by atoms with E-state index in [4.69, 9.17) is 13.6 Å². The van der Waals surface area contributed by atoms with Crippen molar-refractivity contribution < 1.29 is 18.1 Å². The van der Waals surface area contributed by atoms with E-state index in [0.717, 1.165) is 18.5 Å². The van der Waals surface area contributed by atoms with Crippen LogP contribution in [0, 0.1) is 0 Å². The number of phosphoric acid groups is 1. The normalized spacial score (nSPS) is 12.4. The smallest absolute Gasteiger partial charge is 0.323 e. The second kappa shape index (κ2) is 7.40. The van der Waals surface area contributed by atoms with Gasteiger partial charge in [-0.05, 0) is 32.1 Å². The van der Waals surface area contributed by atoms with Gasteiger partial charge in [0.25, 0.3) is 0 Å². The largest absolute Gasteiger partial charge is 0.475 e. The maximum Gasteiger partial charge on any atom is 0.475 e. The fourth-order valence-corrected chi connectivity index (χ4v) is 2.91. The van der Waals surface area contributed by atoms with Crippen LogP contribution in [0.15, 0.2) is 30.5 Å². The topological polar surface area (TPSA) is 52.9 Å². The third-order valence-corrected chi connectivity index (χ3v) is 4.83. The van der Waals surface area contributed by atoms with Crippen molar-refractivity contribution in [2.24, 2.45) is 0 Å². The van der Waals surface area contributed by atoms with E-state index in [9.17, 15) is 4.57 Å². The first-order valence-corrected chi connectivity index (χ1v) is 8.52. The van der Waals surface area contributed by atoms with Gasteiger partial charge >= 0.3 is 7.82 Å². The van der Waals surface area contributed by atoms with Crippen molar-refractivity contribution in [2.45, 2.75) is 13.2 Å². The monoisotopic (exact) mass is 326 g/mol. The lowest BCUT2D eigenvalue weighted by atomic mass is 10.1. The summed E-state index contributed by atoms with van der Waals surface area (Å²) in [5.41, 5.74) is 2.27. The van der Waals surface area contributed by atoms with Crippen molar-refractivity contribution in [1.29, 1.82) is 0 Å². The molecule has 0 atom stereocenters. The molecule has 6 nitrogen and oxygen atoms in total. The summed E-state index contributed by atoms with van der Waals surface area (Å²) < 4.78 is 28.8. The molecule has 2 aromatic rings. The van der Waals surface area contributed by atoms with Crippen LogP contribution in [0.4, 0.5) is 0 Å². The Balaban J connectivity index is 2.24. The van der Waals surface area contributed by atoms with Gasteiger partial charge in [0, 0.05) is 32.3 Å². The Morgan fingerprint density at radius 2 is 1.86 bits per heavy atom. The average molecular weight is 326 g/mol. The van der Waals surface area contributed by atoms with Crippen LogP contribution in [0.1, 0.15) is 5.56 Å². The van der Waals surface area contributed by atoms with Gasteiger partial charge in [-0.3, -0.25) is 13.6 Å². The highest BCUT2D eigenvalue weighted by atomic mass is 31.2. The summed E-state index contributed by atoms with van der Waals surface area (Å²) in [5, 5.41) is 1.18. The second-order valence-corrected chi connectivity index (χ2v) is 7.15. The quantitative estimate of drug-likeness (QED) is 0.698. The summed E-state index contributed by atoms with van der Waals surface area (Å²) in [7, 11) is 3.24. The Morgan fingerprint density at radius 3 is 2.50 bits per heavy atom. The van der Waals surface area contributed by atoms with Crippen molar-refractivity contribution in [3.8, 4) is 0 Å². The summed E-state index contributed by atoms with van der Waals surface area (Å²) in [5.74, 6) is 0. The molecule has 22 heavy (non-hydrogen) atoms. The van der Waals surface area contributed by atoms with E-state index in [1.54, 1.807) is 0 Å². The maximum absolute atomic E-state index is 12.0. The number of benzene rings is 1. The molecule has 0 bridgehead atoms. The first kappa shape index (κ1) is 17.2. The lowest BCUT2D eigenvalue weighted by Crippen LogP contribution is -2.14. The molecule has 0 aliphatic rings. The van der Waals surface area contributed by atoms with Crippen molar-refractivity contribution in [1.82, 2.24) is 9.47 Å². The molecule has 0 unspecified atom stereocenters. The minimum atomic E-state index is -3.48. The number of nitrogens with zero attached hydrogens (tertiary/aromatic N) is 2. The lowest BCUT2D eigenvalue weighted by Gasteiger charge is -2.14. The van der Waals surface area contributed by atoms with Crippen LogP contribution in [0.2, 0.25) is 0 Å². The molecule has 0 amide bonds. The molecule has 0 fully saturated rings. The number of hydrogen-bond acceptors (Lipinski definition) is 5. The molecule has 2 rings (SSSR count). The number of rotatable bonds is 8. The molecule has 0 saturated heterocycles. The highest BCUT2D eigenvalue weighted by Crippen LogP contribution is 2.48. The Kier molecular flexibility index (Phi) is 5.78. The molecule has 0 radical (unpaired) electrons. The third kappa shape index (κ3) is 3.97. The van der Waals surface area contributed by atoms with Gasteiger partial charge in [-0.2, -0.15) is 0 Å². The molecule has 1 heterocycles. The number of para-hydroxylation sites is 1. The maximum atomic E-state index is 12.0. The summed E-state index contributed by atoms with van der Waals surface area (Å²) in [6.45, 7) is 1.07. The molecule has 0 aliphatic heterocycles. The molecule has 7 heteroatoms. The van der Waals surface area contributed by atoms with Gasteiger partial charge in [0.05, 0.1) is 5.52 Å². The average Bonchev–Trinajstić information content (AvgIpc) is 2.89. The summed E-state index contributed by atoms with van der Waals surface area (Å²) >= 11 is 0. The lowest BCUT2D eigenvalue weighted by molar-refractivity contribution is 0.122. The Bertz CT molecular complexity index is 661. The molecule has 0 spiro atoms. The van der Waals surface area contributed by atoms with Crippen LogP contribution >= 0.6 is 7.82 Å². The predicted molar refractivity (Wildman–Crippen MR) is 86.9 cm³/mol. The van der Waals surface area contributed by atoms with Crippen LogP contribution in [-0.2, 0) is 31.3 Å². The first-order chi connectivity index (χ1) is 10.5. The Morgan fingerprint density at radius 1 is 1.18 bits per heavy atom. The SMILES string of the molecule is COP(=O)(OC)OCn1cc(CCN(C)C)c2ccccc21. The van der Waals surface area contributed by atoms with E-state index in [-0.39, 0.29) is 6.73 Å². The van der Waals surface area contributed by atoms with E-state index in [0.29, 0.717) is 0 Å². The van der Waals surface area contributed by atoms with Crippen LogP contribution in [0.25, 0.3) is 10.9 Å². The van der Waals surface area contributed by atoms with Gasteiger partial charge in [0.1, 0.15) is 6.73 Å². The molecule has 1 aromatic carbocycles. The molecule has 0 saturated carbocycles. The molecule has 0 N–H and O–H groups in total. The van der Waals surface area contributed by atoms with Crippen LogP contribution in [0.3, 0.4) is 0 Å². The van der Waals surface area contributed by atoms with Gasteiger partial charge < -0.3 is 9.47 Å². The number of likely N-dealkylation sites (N-methyl/N-ethyl adjacent to an activating group) is 1. The minimum absolute atomic E-state index is 0.113. The number of phosphoric ester groups is 1. The molecule has 1 aromatic heterocycles. The van der Waals surface area contributed by atoms with Gasteiger partial charge in [-0.25, -0.2) is 4.57 Å². The molecular weight excluding hydrogens is 303 g/mol. The van der Waals surface area contributed by atoms with Gasteiger partial charge in [0.15, 0.2) is 0 Å². The first-order valence-electron chi connectivity index (χ1n) is 7.06. The zero-order valence-electron chi connectivity index (χ0n) is 13.5. The van der Waals surface area contributed by atoms with Crippen molar-refractivity contribution >= 4 is 18.7 Å². The highest BCUT2D eigenvalue weighted by Gasteiger charge is 2.23. The fourth-order valence-electron chi connectivity index (χ4n) is 2.29. The van der Waals surface area contributed by atoms with Gasteiger partial charge in [-0.15, -0.1) is 0 Å². The summed E-state index contributed by atoms with van der Waals surface area (Å²) in [4.78, 5) is 2.15. The third-order valence-electron chi connectivity index (χ3n) is 3.50. The number of fused-ring (bicyclic) bond motifs is 1. The van der Waals surface area contributed by atoms with E-state index in [1.807, 2.05) is 29.0 Å². The van der Waals surface area contributed by atoms with Gasteiger partial charge in [0.2, 0.25) is 0 Å². The molecule has 0 aliphatic carbocycles. The summed E-state index contributed by atoms with van der Waals surface area (Å²) in [6.07, 6.45) is 2.97. The Labute approximate surface area is 131 Å². The highest BCUT2D eigenvalue weighted by molar-refractivity contribution is 7.48. The standard InChI is InChI=1S/C15H23N2O4P/c1-16(2)10-9-13-11-17(12-21-22(18,19-3)20-4)15-8-6-5-7-14(13)15/h5-8,11H,9-10,12H2,1-4H3. The van der Waals surface area contributed by atoms with Crippen molar-refractivity contribution in [2.75, 3.05) is 34.9 Å². The molecule has 122 valence electrons. The Hall–Kier alpha value is -1.17. The minimum Gasteiger partial charge on any atom is -0.323 e. The molecular formula is C15H23N2O4P. The van der Waals surface area contributed by atoms with E-state index >= 15 is 0 Å². The van der Waals surface area contributed by atoms with E-state index in [1.165, 1.54) is 25.2 Å². The van der Waals surface area contributed by atoms with Crippen molar-refractivity contribution in [3.05, 3.63) is 36.0 Å².